The number of rotatable bonds is 3. The summed E-state index contributed by atoms with van der Waals surface area (Å²) in [5.74, 6) is 0. The van der Waals surface area contributed by atoms with Gasteiger partial charge in [0.1, 0.15) is 6.61 Å². The molecular formula is C18H20N2O3. The number of likely N-dealkylation sites (tertiary alicyclic amines) is 1. The van der Waals surface area contributed by atoms with Gasteiger partial charge in [-0.1, -0.05) is 30.3 Å². The Morgan fingerprint density at radius 2 is 2.04 bits per heavy atom. The van der Waals surface area contributed by atoms with Gasteiger partial charge in [0.25, 0.3) is 0 Å². The molecule has 120 valence electrons. The maximum Gasteiger partial charge on any atom is 0.410 e. The van der Waals surface area contributed by atoms with Crippen LogP contribution in [0.15, 0.2) is 47.3 Å². The van der Waals surface area contributed by atoms with E-state index in [1.165, 1.54) is 6.07 Å². The summed E-state index contributed by atoms with van der Waals surface area (Å²) in [6, 6.07) is 12.9. The molecule has 5 heteroatoms. The van der Waals surface area contributed by atoms with Crippen molar-refractivity contribution in [2.75, 3.05) is 6.54 Å². The van der Waals surface area contributed by atoms with E-state index in [2.05, 4.69) is 4.98 Å². The fourth-order valence-corrected chi connectivity index (χ4v) is 3.06. The number of aromatic amines is 1. The van der Waals surface area contributed by atoms with Crippen LogP contribution in [0.1, 0.15) is 35.7 Å². The van der Waals surface area contributed by atoms with Crippen molar-refractivity contribution in [3.63, 3.8) is 0 Å². The summed E-state index contributed by atoms with van der Waals surface area (Å²) >= 11 is 0. The van der Waals surface area contributed by atoms with Crippen LogP contribution in [0.4, 0.5) is 4.79 Å². The number of hydrogen-bond donors (Lipinski definition) is 1. The van der Waals surface area contributed by atoms with Gasteiger partial charge in [0, 0.05) is 18.3 Å². The quantitative estimate of drug-likeness (QED) is 0.947. The molecule has 2 aromatic rings. The zero-order chi connectivity index (χ0) is 16.2. The minimum atomic E-state index is -0.304. The number of pyridine rings is 1. The highest BCUT2D eigenvalue weighted by atomic mass is 16.6. The molecule has 1 fully saturated rings. The van der Waals surface area contributed by atoms with Gasteiger partial charge in [0.15, 0.2) is 0 Å². The molecule has 5 nitrogen and oxygen atoms in total. The first kappa shape index (κ1) is 15.3. The van der Waals surface area contributed by atoms with Gasteiger partial charge in [-0.15, -0.1) is 0 Å². The molecular weight excluding hydrogens is 292 g/mol. The van der Waals surface area contributed by atoms with E-state index < -0.39 is 0 Å². The van der Waals surface area contributed by atoms with E-state index in [1.54, 1.807) is 4.90 Å². The van der Waals surface area contributed by atoms with Crippen molar-refractivity contribution in [3.05, 3.63) is 69.6 Å². The van der Waals surface area contributed by atoms with Gasteiger partial charge >= 0.3 is 6.09 Å². The van der Waals surface area contributed by atoms with Crippen LogP contribution >= 0.6 is 0 Å². The Labute approximate surface area is 134 Å². The number of ether oxygens (including phenoxy) is 1. The lowest BCUT2D eigenvalue weighted by atomic mass is 10.0. The lowest BCUT2D eigenvalue weighted by Gasteiger charge is -2.25. The van der Waals surface area contributed by atoms with E-state index in [9.17, 15) is 9.59 Å². The number of amides is 1. The van der Waals surface area contributed by atoms with Crippen LogP contribution in [0.25, 0.3) is 0 Å². The van der Waals surface area contributed by atoms with Crippen molar-refractivity contribution in [2.24, 2.45) is 0 Å². The lowest BCUT2D eigenvalue weighted by Crippen LogP contribution is -2.31. The van der Waals surface area contributed by atoms with Crippen LogP contribution in [0.2, 0.25) is 0 Å². The van der Waals surface area contributed by atoms with Crippen molar-refractivity contribution in [1.82, 2.24) is 9.88 Å². The van der Waals surface area contributed by atoms with E-state index in [0.29, 0.717) is 6.54 Å². The van der Waals surface area contributed by atoms with Gasteiger partial charge in [-0.05, 0) is 37.0 Å². The summed E-state index contributed by atoms with van der Waals surface area (Å²) in [7, 11) is 0. The molecule has 1 N–H and O–H groups in total. The Hall–Kier alpha value is -2.56. The van der Waals surface area contributed by atoms with Crippen molar-refractivity contribution in [3.8, 4) is 0 Å². The van der Waals surface area contributed by atoms with Crippen LogP contribution in [-0.4, -0.2) is 22.5 Å². The molecule has 3 rings (SSSR count). The van der Waals surface area contributed by atoms with Crippen molar-refractivity contribution < 1.29 is 9.53 Å². The summed E-state index contributed by atoms with van der Waals surface area (Å²) in [6.45, 7) is 2.81. The van der Waals surface area contributed by atoms with Gasteiger partial charge in [0.2, 0.25) is 5.56 Å². The first-order chi connectivity index (χ1) is 11.1. The Balaban J connectivity index is 1.71. The molecule has 2 heterocycles. The molecule has 0 spiro atoms. The molecule has 0 saturated carbocycles. The number of carbonyl (C=O) groups excluding carboxylic acids is 1. The average Bonchev–Trinajstić information content (AvgIpc) is 3.03. The highest BCUT2D eigenvalue weighted by Gasteiger charge is 2.32. The van der Waals surface area contributed by atoms with E-state index in [-0.39, 0.29) is 24.3 Å². The van der Waals surface area contributed by atoms with Crippen molar-refractivity contribution >= 4 is 6.09 Å². The van der Waals surface area contributed by atoms with E-state index in [0.717, 1.165) is 29.7 Å². The maximum atomic E-state index is 12.4. The number of carbonyl (C=O) groups is 1. The van der Waals surface area contributed by atoms with Gasteiger partial charge < -0.3 is 14.6 Å². The van der Waals surface area contributed by atoms with Crippen LogP contribution in [-0.2, 0) is 11.3 Å². The third kappa shape index (κ3) is 3.44. The van der Waals surface area contributed by atoms with Gasteiger partial charge in [-0.3, -0.25) is 4.79 Å². The minimum Gasteiger partial charge on any atom is -0.445 e. The highest BCUT2D eigenvalue weighted by molar-refractivity contribution is 5.69. The number of nitrogens with zero attached hydrogens (tertiary/aromatic N) is 1. The van der Waals surface area contributed by atoms with Gasteiger partial charge in [0.05, 0.1) is 6.04 Å². The molecule has 1 aliphatic heterocycles. The number of nitrogens with one attached hydrogen (secondary N) is 1. The second kappa shape index (κ2) is 6.69. The zero-order valence-corrected chi connectivity index (χ0v) is 13.1. The Morgan fingerprint density at radius 1 is 1.26 bits per heavy atom. The molecule has 23 heavy (non-hydrogen) atoms. The van der Waals surface area contributed by atoms with Crippen molar-refractivity contribution in [2.45, 2.75) is 32.4 Å². The predicted octanol–water partition coefficient (Wildman–Crippen LogP) is 3.16. The van der Waals surface area contributed by atoms with Crippen LogP contribution in [0.5, 0.6) is 0 Å². The fourth-order valence-electron chi connectivity index (χ4n) is 3.06. The molecule has 0 unspecified atom stereocenters. The zero-order valence-electron chi connectivity index (χ0n) is 13.1. The summed E-state index contributed by atoms with van der Waals surface area (Å²) in [4.78, 5) is 28.3. The normalized spacial score (nSPS) is 17.3. The molecule has 1 atom stereocenters. The Kier molecular flexibility index (Phi) is 4.46. The fraction of sp³-hybridized carbons (Fsp3) is 0.333. The number of benzene rings is 1. The number of aromatic nitrogens is 1. The minimum absolute atomic E-state index is 0.0323. The standard InChI is InChI=1S/C18H20N2O3/c1-13-15(9-10-17(21)19-13)16-8-5-11-20(16)18(22)23-12-14-6-3-2-4-7-14/h2-4,6-7,9-10,16H,5,8,11-12H2,1H3,(H,19,21)/t16-/m0/s1. The van der Waals surface area contributed by atoms with E-state index >= 15 is 0 Å². The smallest absolute Gasteiger partial charge is 0.410 e. The average molecular weight is 312 g/mol. The summed E-state index contributed by atoms with van der Waals surface area (Å²) < 4.78 is 5.44. The van der Waals surface area contributed by atoms with E-state index in [4.69, 9.17) is 4.74 Å². The molecule has 0 aliphatic carbocycles. The largest absolute Gasteiger partial charge is 0.445 e. The number of aryl methyl sites for hydroxylation is 1. The Morgan fingerprint density at radius 3 is 2.78 bits per heavy atom. The monoisotopic (exact) mass is 312 g/mol. The number of hydrogen-bond acceptors (Lipinski definition) is 3. The molecule has 1 aromatic carbocycles. The van der Waals surface area contributed by atoms with Crippen molar-refractivity contribution in [1.29, 1.82) is 0 Å². The number of H-pyrrole nitrogens is 1. The van der Waals surface area contributed by atoms with Crippen LogP contribution in [0.3, 0.4) is 0 Å². The molecule has 1 aliphatic rings. The summed E-state index contributed by atoms with van der Waals surface area (Å²) in [6.07, 6.45) is 1.51. The first-order valence-electron chi connectivity index (χ1n) is 7.82. The molecule has 1 amide bonds. The SMILES string of the molecule is Cc1[nH]c(=O)ccc1[C@@H]1CCCN1C(=O)OCc1ccccc1. The highest BCUT2D eigenvalue weighted by Crippen LogP contribution is 2.33. The third-order valence-corrected chi connectivity index (χ3v) is 4.21. The molecule has 1 aromatic heterocycles. The molecule has 0 radical (unpaired) electrons. The topological polar surface area (TPSA) is 62.4 Å². The predicted molar refractivity (Wildman–Crippen MR) is 87.1 cm³/mol. The first-order valence-corrected chi connectivity index (χ1v) is 7.82. The van der Waals surface area contributed by atoms with Crippen LogP contribution < -0.4 is 5.56 Å². The lowest BCUT2D eigenvalue weighted by molar-refractivity contribution is 0.0919. The Bertz CT molecular complexity index is 739. The maximum absolute atomic E-state index is 12.4. The van der Waals surface area contributed by atoms with Gasteiger partial charge in [-0.25, -0.2) is 4.79 Å². The second-order valence-corrected chi connectivity index (χ2v) is 5.79. The second-order valence-electron chi connectivity index (χ2n) is 5.79. The third-order valence-electron chi connectivity index (χ3n) is 4.21. The summed E-state index contributed by atoms with van der Waals surface area (Å²) in [5.41, 5.74) is 2.64. The van der Waals surface area contributed by atoms with E-state index in [1.807, 2.05) is 43.3 Å². The summed E-state index contributed by atoms with van der Waals surface area (Å²) in [5, 5.41) is 0. The molecule has 1 saturated heterocycles. The van der Waals surface area contributed by atoms with Gasteiger partial charge in [-0.2, -0.15) is 0 Å². The molecule has 0 bridgehead atoms. The van der Waals surface area contributed by atoms with Crippen LogP contribution in [0, 0.1) is 6.92 Å².